The minimum atomic E-state index is 0.495. The molecule has 0 saturated carbocycles. The van der Waals surface area contributed by atoms with Gasteiger partial charge in [-0.3, -0.25) is 0 Å². The molecule has 0 aliphatic carbocycles. The van der Waals surface area contributed by atoms with E-state index in [1.165, 1.54) is 109 Å². The van der Waals surface area contributed by atoms with Crippen LogP contribution in [0, 0.1) is 0 Å². The van der Waals surface area contributed by atoms with E-state index in [0.29, 0.717) is 6.10 Å². The molecule has 0 fully saturated rings. The zero-order valence-electron chi connectivity index (χ0n) is 25.2. The molecule has 0 aliphatic rings. The van der Waals surface area contributed by atoms with Crippen LogP contribution in [0.4, 0.5) is 0 Å². The van der Waals surface area contributed by atoms with Gasteiger partial charge in [-0.2, -0.15) is 0 Å². The third-order valence-corrected chi connectivity index (χ3v) is 6.91. The summed E-state index contributed by atoms with van der Waals surface area (Å²) in [5.41, 5.74) is 0. The Labute approximate surface area is 228 Å². The molecule has 0 aromatic rings. The molecule has 36 heavy (non-hydrogen) atoms. The largest absolute Gasteiger partial charge is 0.378 e. The highest BCUT2D eigenvalue weighted by atomic mass is 16.5. The molecule has 2 heteroatoms. The molecule has 0 amide bonds. The Morgan fingerprint density at radius 2 is 1.06 bits per heavy atom. The predicted molar refractivity (Wildman–Crippen MR) is 164 cm³/mol. The Hall–Kier alpha value is -0.860. The zero-order valence-corrected chi connectivity index (χ0v) is 25.2. The van der Waals surface area contributed by atoms with E-state index in [4.69, 9.17) is 4.74 Å². The topological polar surface area (TPSA) is 12.5 Å². The van der Waals surface area contributed by atoms with Crippen molar-refractivity contribution in [3.63, 3.8) is 0 Å². The number of unbranched alkanes of at least 4 members (excludes halogenated alkanes) is 13. The van der Waals surface area contributed by atoms with Crippen molar-refractivity contribution >= 4 is 0 Å². The van der Waals surface area contributed by atoms with Gasteiger partial charge in [-0.1, -0.05) is 134 Å². The van der Waals surface area contributed by atoms with Crippen LogP contribution in [-0.4, -0.2) is 38.3 Å². The molecular formula is C34H65NO. The maximum Gasteiger partial charge on any atom is 0.0575 e. The highest BCUT2D eigenvalue weighted by molar-refractivity contribution is 4.96. The van der Waals surface area contributed by atoms with Crippen LogP contribution in [0.2, 0.25) is 0 Å². The molecule has 1 atom stereocenters. The molecule has 0 spiro atoms. The molecule has 0 aromatic carbocycles. The van der Waals surface area contributed by atoms with Crippen molar-refractivity contribution in [1.29, 1.82) is 0 Å². The van der Waals surface area contributed by atoms with E-state index in [1.807, 2.05) is 0 Å². The first-order chi connectivity index (χ1) is 17.7. The fourth-order valence-electron chi connectivity index (χ4n) is 4.62. The normalized spacial score (nSPS) is 13.2. The van der Waals surface area contributed by atoms with Crippen LogP contribution in [0.3, 0.4) is 0 Å². The van der Waals surface area contributed by atoms with Gasteiger partial charge in [0.1, 0.15) is 0 Å². The Balaban J connectivity index is 3.79. The van der Waals surface area contributed by atoms with E-state index >= 15 is 0 Å². The van der Waals surface area contributed by atoms with Crippen LogP contribution in [0.1, 0.15) is 149 Å². The molecule has 2 nitrogen and oxygen atoms in total. The minimum Gasteiger partial charge on any atom is -0.378 e. The van der Waals surface area contributed by atoms with Gasteiger partial charge in [-0.15, -0.1) is 0 Å². The number of hydrogen-bond acceptors (Lipinski definition) is 2. The molecule has 0 N–H and O–H groups in total. The lowest BCUT2D eigenvalue weighted by molar-refractivity contribution is 0.0342. The molecule has 0 aromatic heterocycles. The number of hydrogen-bond donors (Lipinski definition) is 0. The lowest BCUT2D eigenvalue weighted by atomic mass is 10.0. The Kier molecular flexibility index (Phi) is 29.6. The highest BCUT2D eigenvalue weighted by Gasteiger charge is 2.09. The zero-order chi connectivity index (χ0) is 26.4. The summed E-state index contributed by atoms with van der Waals surface area (Å²) < 4.78 is 6.33. The lowest BCUT2D eigenvalue weighted by Crippen LogP contribution is -2.18. The summed E-state index contributed by atoms with van der Waals surface area (Å²) in [6.45, 7) is 6.54. The molecule has 0 rings (SSSR count). The van der Waals surface area contributed by atoms with Crippen molar-refractivity contribution in [1.82, 2.24) is 4.90 Å². The van der Waals surface area contributed by atoms with Crippen LogP contribution in [0.5, 0.6) is 0 Å². The van der Waals surface area contributed by atoms with Crippen LogP contribution < -0.4 is 0 Å². The summed E-state index contributed by atoms with van der Waals surface area (Å²) in [6.07, 6.45) is 41.9. The highest BCUT2D eigenvalue weighted by Crippen LogP contribution is 2.17. The summed E-state index contributed by atoms with van der Waals surface area (Å²) in [6, 6.07) is 0. The lowest BCUT2D eigenvalue weighted by Gasteiger charge is -2.19. The number of nitrogens with zero attached hydrogens (tertiary/aromatic N) is 1. The second-order valence-electron chi connectivity index (χ2n) is 10.9. The van der Waals surface area contributed by atoms with Crippen LogP contribution >= 0.6 is 0 Å². The van der Waals surface area contributed by atoms with Gasteiger partial charge in [0.2, 0.25) is 0 Å². The van der Waals surface area contributed by atoms with Gasteiger partial charge in [0.15, 0.2) is 0 Å². The second-order valence-corrected chi connectivity index (χ2v) is 10.9. The van der Waals surface area contributed by atoms with Gasteiger partial charge in [0.05, 0.1) is 6.10 Å². The van der Waals surface area contributed by atoms with E-state index in [0.717, 1.165) is 38.8 Å². The quantitative estimate of drug-likeness (QED) is 0.0777. The number of ether oxygens (including phenoxy) is 1. The van der Waals surface area contributed by atoms with E-state index in [2.05, 4.69) is 69.3 Å². The van der Waals surface area contributed by atoms with Gasteiger partial charge >= 0.3 is 0 Å². The Morgan fingerprint density at radius 1 is 0.556 bits per heavy atom. The van der Waals surface area contributed by atoms with Gasteiger partial charge < -0.3 is 9.64 Å². The van der Waals surface area contributed by atoms with Crippen LogP contribution in [0.25, 0.3) is 0 Å². The first kappa shape index (κ1) is 35.1. The fraction of sp³-hybridized carbons (Fsp3) is 0.824. The summed E-state index contributed by atoms with van der Waals surface area (Å²) in [5.74, 6) is 0. The van der Waals surface area contributed by atoms with Crippen LogP contribution in [0.15, 0.2) is 36.5 Å². The average molecular weight is 504 g/mol. The predicted octanol–water partition coefficient (Wildman–Crippen LogP) is 10.8. The molecule has 0 saturated heterocycles. The van der Waals surface area contributed by atoms with Crippen molar-refractivity contribution in [3.8, 4) is 0 Å². The third-order valence-electron chi connectivity index (χ3n) is 6.91. The van der Waals surface area contributed by atoms with Gasteiger partial charge in [0.25, 0.3) is 0 Å². The van der Waals surface area contributed by atoms with Crippen molar-refractivity contribution in [2.75, 3.05) is 27.2 Å². The minimum absolute atomic E-state index is 0.495. The standard InChI is InChI=1S/C34H65NO/c1-5-7-9-11-13-15-16-17-18-19-20-21-22-24-26-28-31-34(36-33-29-32-35(3)4)30-27-25-23-14-12-10-8-6-2/h7,9,13,15,17-18,34H,5-6,8,10-12,14,16,19-33H2,1-4H3/b9-7-,15-13-,18-17-. The number of allylic oxidation sites excluding steroid dienone is 6. The maximum absolute atomic E-state index is 6.33. The van der Waals surface area contributed by atoms with Crippen molar-refractivity contribution in [3.05, 3.63) is 36.5 Å². The summed E-state index contributed by atoms with van der Waals surface area (Å²) in [4.78, 5) is 2.26. The molecule has 0 bridgehead atoms. The molecular weight excluding hydrogens is 438 g/mol. The SMILES string of the molecule is CC/C=C\C/C=C\C/C=C\CCCCCCCCC(CCCCCCCCCC)OCCCN(C)C. The first-order valence-electron chi connectivity index (χ1n) is 15.9. The van der Waals surface area contributed by atoms with Crippen LogP contribution in [-0.2, 0) is 4.74 Å². The van der Waals surface area contributed by atoms with E-state index in [1.54, 1.807) is 0 Å². The number of rotatable bonds is 28. The van der Waals surface area contributed by atoms with Gasteiger partial charge in [-0.25, -0.2) is 0 Å². The van der Waals surface area contributed by atoms with Crippen molar-refractivity contribution < 1.29 is 4.74 Å². The second kappa shape index (κ2) is 30.4. The first-order valence-corrected chi connectivity index (χ1v) is 15.9. The van der Waals surface area contributed by atoms with E-state index < -0.39 is 0 Å². The molecule has 0 heterocycles. The van der Waals surface area contributed by atoms with E-state index in [-0.39, 0.29) is 0 Å². The Bertz CT molecular complexity index is 493. The summed E-state index contributed by atoms with van der Waals surface area (Å²) in [5, 5.41) is 0. The molecule has 1 unspecified atom stereocenters. The van der Waals surface area contributed by atoms with E-state index in [9.17, 15) is 0 Å². The van der Waals surface area contributed by atoms with Gasteiger partial charge in [0, 0.05) is 6.61 Å². The summed E-state index contributed by atoms with van der Waals surface area (Å²) >= 11 is 0. The molecule has 0 radical (unpaired) electrons. The summed E-state index contributed by atoms with van der Waals surface area (Å²) in [7, 11) is 4.31. The third kappa shape index (κ3) is 29.4. The molecule has 212 valence electrons. The van der Waals surface area contributed by atoms with Crippen molar-refractivity contribution in [2.45, 2.75) is 155 Å². The monoisotopic (exact) mass is 504 g/mol. The fourth-order valence-corrected chi connectivity index (χ4v) is 4.62. The molecule has 0 aliphatic heterocycles. The smallest absolute Gasteiger partial charge is 0.0575 e. The Morgan fingerprint density at radius 3 is 1.61 bits per heavy atom. The average Bonchev–Trinajstić information content (AvgIpc) is 2.87. The maximum atomic E-state index is 6.33. The van der Waals surface area contributed by atoms with Crippen molar-refractivity contribution in [2.24, 2.45) is 0 Å². The van der Waals surface area contributed by atoms with Gasteiger partial charge in [-0.05, 0) is 72.0 Å².